The van der Waals surface area contributed by atoms with Crippen LogP contribution in [0.2, 0.25) is 10.0 Å². The minimum Gasteiger partial charge on any atom is -0.445 e. The molecule has 0 spiro atoms. The number of halogens is 2. The van der Waals surface area contributed by atoms with Crippen LogP contribution in [-0.4, -0.2) is 49.9 Å². The van der Waals surface area contributed by atoms with Crippen LogP contribution in [0.15, 0.2) is 53.4 Å². The molecule has 0 N–H and O–H groups in total. The Kier molecular flexibility index (Phi) is 6.82. The van der Waals surface area contributed by atoms with Crippen LogP contribution in [0.5, 0.6) is 0 Å². The Balaban J connectivity index is 1.62. The Morgan fingerprint density at radius 2 is 1.71 bits per heavy atom. The molecule has 6 nitrogen and oxygen atoms in total. The van der Waals surface area contributed by atoms with Gasteiger partial charge in [0.15, 0.2) is 0 Å². The minimum absolute atomic E-state index is 0.0852. The van der Waals surface area contributed by atoms with Gasteiger partial charge in [-0.25, -0.2) is 13.2 Å². The maximum absolute atomic E-state index is 12.9. The predicted octanol–water partition coefficient (Wildman–Crippen LogP) is 4.03. The van der Waals surface area contributed by atoms with Gasteiger partial charge in [-0.2, -0.15) is 4.31 Å². The zero-order valence-electron chi connectivity index (χ0n) is 15.1. The average Bonchev–Trinajstić information content (AvgIpc) is 2.96. The summed E-state index contributed by atoms with van der Waals surface area (Å²) in [5.74, 6) is 0. The summed E-state index contributed by atoms with van der Waals surface area (Å²) in [7, 11) is -3.72. The van der Waals surface area contributed by atoms with E-state index in [0.717, 1.165) is 5.56 Å². The molecule has 0 atom stereocenters. The van der Waals surface area contributed by atoms with Crippen LogP contribution in [0, 0.1) is 0 Å². The van der Waals surface area contributed by atoms with Crippen LogP contribution in [0.25, 0.3) is 0 Å². The Bertz CT molecular complexity index is 938. The highest BCUT2D eigenvalue weighted by atomic mass is 35.5. The van der Waals surface area contributed by atoms with Crippen LogP contribution in [0.3, 0.4) is 0 Å². The van der Waals surface area contributed by atoms with E-state index in [-0.39, 0.29) is 29.6 Å². The molecule has 0 saturated carbocycles. The van der Waals surface area contributed by atoms with E-state index in [1.807, 2.05) is 30.3 Å². The SMILES string of the molecule is O=C(OCc1ccccc1)N1CCCN(S(=O)(=O)c2ccc(Cl)c(Cl)c2)CC1. The monoisotopic (exact) mass is 442 g/mol. The molecule has 150 valence electrons. The normalized spacial score (nSPS) is 15.9. The van der Waals surface area contributed by atoms with Gasteiger partial charge in [-0.1, -0.05) is 53.5 Å². The number of hydrogen-bond donors (Lipinski definition) is 0. The Morgan fingerprint density at radius 1 is 0.964 bits per heavy atom. The topological polar surface area (TPSA) is 66.9 Å². The van der Waals surface area contributed by atoms with Gasteiger partial charge in [0.2, 0.25) is 10.0 Å². The lowest BCUT2D eigenvalue weighted by molar-refractivity contribution is 0.0980. The van der Waals surface area contributed by atoms with E-state index in [4.69, 9.17) is 27.9 Å². The molecule has 2 aromatic rings. The molecule has 1 aliphatic heterocycles. The van der Waals surface area contributed by atoms with Crippen molar-refractivity contribution in [3.05, 3.63) is 64.1 Å². The quantitative estimate of drug-likeness (QED) is 0.716. The minimum atomic E-state index is -3.72. The molecule has 1 heterocycles. The van der Waals surface area contributed by atoms with Crippen LogP contribution >= 0.6 is 23.2 Å². The predicted molar refractivity (Wildman–Crippen MR) is 108 cm³/mol. The summed E-state index contributed by atoms with van der Waals surface area (Å²) >= 11 is 11.8. The first-order valence-corrected chi connectivity index (χ1v) is 11.0. The number of benzene rings is 2. The summed E-state index contributed by atoms with van der Waals surface area (Å²) in [6.45, 7) is 1.37. The van der Waals surface area contributed by atoms with E-state index in [9.17, 15) is 13.2 Å². The maximum atomic E-state index is 12.9. The molecule has 0 unspecified atom stereocenters. The van der Waals surface area contributed by atoms with Crippen molar-refractivity contribution in [2.24, 2.45) is 0 Å². The van der Waals surface area contributed by atoms with Gasteiger partial charge in [-0.15, -0.1) is 0 Å². The molecule has 0 bridgehead atoms. The molecule has 0 aliphatic carbocycles. The number of sulfonamides is 1. The molecule has 0 radical (unpaired) electrons. The van der Waals surface area contributed by atoms with Crippen LogP contribution in [-0.2, 0) is 21.4 Å². The highest BCUT2D eigenvalue weighted by molar-refractivity contribution is 7.89. The summed E-state index contributed by atoms with van der Waals surface area (Å²) in [4.78, 5) is 14.0. The number of hydrogen-bond acceptors (Lipinski definition) is 4. The molecular formula is C19H20Cl2N2O4S. The highest BCUT2D eigenvalue weighted by Crippen LogP contribution is 2.27. The van der Waals surface area contributed by atoms with E-state index in [2.05, 4.69) is 0 Å². The summed E-state index contributed by atoms with van der Waals surface area (Å²) in [6, 6.07) is 13.6. The number of nitrogens with zero attached hydrogens (tertiary/aromatic N) is 2. The molecule has 28 heavy (non-hydrogen) atoms. The first kappa shape index (κ1) is 20.9. The number of rotatable bonds is 4. The zero-order chi connectivity index (χ0) is 20.1. The standard InChI is InChI=1S/C19H20Cl2N2O4S/c20-17-8-7-16(13-18(17)21)28(25,26)23-10-4-9-22(11-12-23)19(24)27-14-15-5-2-1-3-6-15/h1-3,5-8,13H,4,9-12,14H2. The van der Waals surface area contributed by atoms with Crippen LogP contribution < -0.4 is 0 Å². The molecule has 1 saturated heterocycles. The molecular weight excluding hydrogens is 423 g/mol. The van der Waals surface area contributed by atoms with E-state index in [1.54, 1.807) is 0 Å². The Hall–Kier alpha value is -1.80. The van der Waals surface area contributed by atoms with Crippen molar-refractivity contribution in [2.45, 2.75) is 17.9 Å². The second-order valence-corrected chi connectivity index (χ2v) is 9.11. The van der Waals surface area contributed by atoms with E-state index < -0.39 is 16.1 Å². The number of amides is 1. The molecule has 1 fully saturated rings. The van der Waals surface area contributed by atoms with Gasteiger partial charge in [0.25, 0.3) is 0 Å². The first-order chi connectivity index (χ1) is 13.4. The second kappa shape index (κ2) is 9.13. The zero-order valence-corrected chi connectivity index (χ0v) is 17.4. The molecule has 0 aromatic heterocycles. The van der Waals surface area contributed by atoms with Gasteiger partial charge in [-0.3, -0.25) is 0 Å². The van der Waals surface area contributed by atoms with Gasteiger partial charge in [0, 0.05) is 26.2 Å². The lowest BCUT2D eigenvalue weighted by Gasteiger charge is -2.21. The third-order valence-electron chi connectivity index (χ3n) is 4.45. The average molecular weight is 443 g/mol. The summed E-state index contributed by atoms with van der Waals surface area (Å²) in [5, 5.41) is 0.479. The fourth-order valence-electron chi connectivity index (χ4n) is 2.91. The van der Waals surface area contributed by atoms with Crippen LogP contribution in [0.1, 0.15) is 12.0 Å². The van der Waals surface area contributed by atoms with Crippen molar-refractivity contribution >= 4 is 39.3 Å². The van der Waals surface area contributed by atoms with Crippen molar-refractivity contribution in [1.29, 1.82) is 0 Å². The van der Waals surface area contributed by atoms with E-state index in [1.165, 1.54) is 27.4 Å². The van der Waals surface area contributed by atoms with E-state index in [0.29, 0.717) is 24.5 Å². The van der Waals surface area contributed by atoms with Crippen molar-refractivity contribution in [1.82, 2.24) is 9.21 Å². The molecule has 2 aromatic carbocycles. The lowest BCUT2D eigenvalue weighted by atomic mass is 10.2. The van der Waals surface area contributed by atoms with Crippen LogP contribution in [0.4, 0.5) is 4.79 Å². The van der Waals surface area contributed by atoms with Crippen molar-refractivity contribution in [2.75, 3.05) is 26.2 Å². The maximum Gasteiger partial charge on any atom is 0.410 e. The van der Waals surface area contributed by atoms with Gasteiger partial charge in [-0.05, 0) is 30.2 Å². The van der Waals surface area contributed by atoms with Gasteiger partial charge < -0.3 is 9.64 Å². The van der Waals surface area contributed by atoms with Crippen molar-refractivity contribution in [3.8, 4) is 0 Å². The van der Waals surface area contributed by atoms with E-state index >= 15 is 0 Å². The van der Waals surface area contributed by atoms with Gasteiger partial charge in [0.1, 0.15) is 6.61 Å². The van der Waals surface area contributed by atoms with Crippen molar-refractivity contribution in [3.63, 3.8) is 0 Å². The fraction of sp³-hybridized carbons (Fsp3) is 0.316. The molecule has 3 rings (SSSR count). The number of carbonyl (C=O) groups excluding carboxylic acids is 1. The van der Waals surface area contributed by atoms with Gasteiger partial charge in [0.05, 0.1) is 14.9 Å². The molecule has 1 aliphatic rings. The number of carbonyl (C=O) groups is 1. The number of ether oxygens (including phenoxy) is 1. The summed E-state index contributed by atoms with van der Waals surface area (Å²) in [5.41, 5.74) is 0.898. The van der Waals surface area contributed by atoms with Crippen molar-refractivity contribution < 1.29 is 17.9 Å². The molecule has 1 amide bonds. The third kappa shape index (κ3) is 4.97. The fourth-order valence-corrected chi connectivity index (χ4v) is 4.77. The summed E-state index contributed by atoms with van der Waals surface area (Å²) < 4.78 is 32.5. The summed E-state index contributed by atoms with van der Waals surface area (Å²) in [6.07, 6.45) is 0.0682. The Labute approximate surface area is 174 Å². The largest absolute Gasteiger partial charge is 0.445 e. The molecule has 9 heteroatoms. The van der Waals surface area contributed by atoms with Gasteiger partial charge >= 0.3 is 6.09 Å². The lowest BCUT2D eigenvalue weighted by Crippen LogP contribution is -2.37. The third-order valence-corrected chi connectivity index (χ3v) is 7.08. The first-order valence-electron chi connectivity index (χ1n) is 8.79. The Morgan fingerprint density at radius 3 is 2.43 bits per heavy atom. The highest BCUT2D eigenvalue weighted by Gasteiger charge is 2.29. The smallest absolute Gasteiger partial charge is 0.410 e. The second-order valence-electron chi connectivity index (χ2n) is 6.36.